The third-order valence-electron chi connectivity index (χ3n) is 3.14. The summed E-state index contributed by atoms with van der Waals surface area (Å²) in [5.74, 6) is 0.588. The summed E-state index contributed by atoms with van der Waals surface area (Å²) in [6.45, 7) is 4.28. The van der Waals surface area contributed by atoms with Crippen molar-refractivity contribution < 1.29 is 13.2 Å². The van der Waals surface area contributed by atoms with Crippen LogP contribution in [0, 0.1) is 6.92 Å². The van der Waals surface area contributed by atoms with E-state index in [9.17, 15) is 8.42 Å². The predicted molar refractivity (Wildman–Crippen MR) is 85.4 cm³/mol. The molecule has 0 bridgehead atoms. The monoisotopic (exact) mass is 323 g/mol. The fourth-order valence-corrected chi connectivity index (χ4v) is 2.82. The van der Waals surface area contributed by atoms with Crippen molar-refractivity contribution >= 4 is 10.0 Å². The molecule has 7 heteroatoms. The van der Waals surface area contributed by atoms with E-state index in [0.29, 0.717) is 12.3 Å². The molecule has 1 aromatic carbocycles. The zero-order valence-electron chi connectivity index (χ0n) is 12.8. The van der Waals surface area contributed by atoms with Crippen molar-refractivity contribution in [3.63, 3.8) is 0 Å². The van der Waals surface area contributed by atoms with E-state index < -0.39 is 10.0 Å². The molecular weight excluding hydrogens is 302 g/mol. The van der Waals surface area contributed by atoms with Gasteiger partial charge in [-0.25, -0.2) is 13.1 Å². The van der Waals surface area contributed by atoms with Crippen LogP contribution in [0.1, 0.15) is 18.5 Å². The number of para-hydroxylation sites is 1. The molecule has 22 heavy (non-hydrogen) atoms. The highest BCUT2D eigenvalue weighted by Gasteiger charge is 2.13. The van der Waals surface area contributed by atoms with Gasteiger partial charge in [-0.2, -0.15) is 5.10 Å². The zero-order chi connectivity index (χ0) is 16.0. The number of hydrogen-bond donors (Lipinski definition) is 1. The number of rotatable bonds is 8. The lowest BCUT2D eigenvalue weighted by Gasteiger charge is -2.14. The summed E-state index contributed by atoms with van der Waals surface area (Å²) in [5.41, 5.74) is 1.05. The Morgan fingerprint density at radius 3 is 2.68 bits per heavy atom. The molecule has 0 amide bonds. The topological polar surface area (TPSA) is 73.2 Å². The van der Waals surface area contributed by atoms with E-state index in [1.165, 1.54) is 0 Å². The van der Waals surface area contributed by atoms with Crippen molar-refractivity contribution in [3.8, 4) is 5.75 Å². The average Bonchev–Trinajstić information content (AvgIpc) is 2.92. The lowest BCUT2D eigenvalue weighted by atomic mass is 10.3. The molecule has 0 aliphatic carbocycles. The van der Waals surface area contributed by atoms with Crippen LogP contribution in [0.4, 0.5) is 0 Å². The third kappa shape index (κ3) is 5.16. The molecule has 1 aromatic heterocycles. The zero-order valence-corrected chi connectivity index (χ0v) is 13.6. The van der Waals surface area contributed by atoms with Crippen LogP contribution < -0.4 is 9.46 Å². The second-order valence-corrected chi connectivity index (χ2v) is 7.10. The lowest BCUT2D eigenvalue weighted by molar-refractivity contribution is 0.340. The minimum atomic E-state index is -3.36. The molecule has 120 valence electrons. The van der Waals surface area contributed by atoms with E-state index in [4.69, 9.17) is 4.74 Å². The largest absolute Gasteiger partial charge is 0.492 e. The van der Waals surface area contributed by atoms with Gasteiger partial charge < -0.3 is 4.74 Å². The molecule has 1 atom stereocenters. The minimum Gasteiger partial charge on any atom is -0.492 e. The van der Waals surface area contributed by atoms with Crippen molar-refractivity contribution in [2.24, 2.45) is 0 Å². The minimum absolute atomic E-state index is 0.0430. The molecule has 0 saturated heterocycles. The Labute approximate surface area is 131 Å². The van der Waals surface area contributed by atoms with E-state index in [1.807, 2.05) is 38.2 Å². The van der Waals surface area contributed by atoms with Crippen LogP contribution in [0.5, 0.6) is 5.75 Å². The molecule has 0 spiro atoms. The number of nitrogens with one attached hydrogen (secondary N) is 1. The highest BCUT2D eigenvalue weighted by Crippen LogP contribution is 2.08. The van der Waals surface area contributed by atoms with Gasteiger partial charge >= 0.3 is 0 Å². The normalized spacial score (nSPS) is 13.0. The first kappa shape index (κ1) is 16.5. The molecule has 0 radical (unpaired) electrons. The van der Waals surface area contributed by atoms with Crippen molar-refractivity contribution in [3.05, 3.63) is 48.3 Å². The fourth-order valence-electron chi connectivity index (χ4n) is 1.87. The average molecular weight is 323 g/mol. The van der Waals surface area contributed by atoms with Crippen molar-refractivity contribution in [1.82, 2.24) is 14.5 Å². The second-order valence-electron chi connectivity index (χ2n) is 5.18. The second kappa shape index (κ2) is 7.42. The number of nitrogens with zero attached hydrogens (tertiary/aromatic N) is 2. The molecule has 2 rings (SSSR count). The lowest BCUT2D eigenvalue weighted by Crippen LogP contribution is -2.33. The van der Waals surface area contributed by atoms with Crippen LogP contribution in [0.25, 0.3) is 0 Å². The van der Waals surface area contributed by atoms with Gasteiger partial charge in [-0.15, -0.1) is 0 Å². The van der Waals surface area contributed by atoms with Gasteiger partial charge in [-0.3, -0.25) is 4.68 Å². The molecule has 0 aliphatic heterocycles. The Kier molecular flexibility index (Phi) is 5.57. The van der Waals surface area contributed by atoms with Crippen LogP contribution in [0.15, 0.2) is 42.7 Å². The Balaban J connectivity index is 1.76. The number of aryl methyl sites for hydroxylation is 1. The van der Waals surface area contributed by atoms with Crippen LogP contribution in [-0.4, -0.2) is 37.1 Å². The van der Waals surface area contributed by atoms with Crippen LogP contribution in [0.2, 0.25) is 0 Å². The smallest absolute Gasteiger partial charge is 0.215 e. The number of benzene rings is 1. The van der Waals surface area contributed by atoms with Crippen LogP contribution >= 0.6 is 0 Å². The van der Waals surface area contributed by atoms with Crippen molar-refractivity contribution in [1.29, 1.82) is 0 Å². The Morgan fingerprint density at radius 2 is 2.05 bits per heavy atom. The number of hydrogen-bond acceptors (Lipinski definition) is 4. The highest BCUT2D eigenvalue weighted by atomic mass is 32.2. The maximum absolute atomic E-state index is 11.9. The summed E-state index contributed by atoms with van der Waals surface area (Å²) in [6.07, 6.45) is 3.64. The fraction of sp³-hybridized carbons (Fsp3) is 0.400. The quantitative estimate of drug-likeness (QED) is 0.803. The van der Waals surface area contributed by atoms with Crippen molar-refractivity contribution in [2.45, 2.75) is 19.9 Å². The summed E-state index contributed by atoms with van der Waals surface area (Å²) < 4.78 is 33.6. The molecule has 1 unspecified atom stereocenters. The summed E-state index contributed by atoms with van der Waals surface area (Å²) in [6, 6.07) is 9.11. The van der Waals surface area contributed by atoms with E-state index in [1.54, 1.807) is 23.0 Å². The maximum Gasteiger partial charge on any atom is 0.215 e. The van der Waals surface area contributed by atoms with E-state index >= 15 is 0 Å². The first-order valence-corrected chi connectivity index (χ1v) is 8.77. The van der Waals surface area contributed by atoms with Gasteiger partial charge in [0.1, 0.15) is 12.4 Å². The van der Waals surface area contributed by atoms with Crippen LogP contribution in [0.3, 0.4) is 0 Å². The van der Waals surface area contributed by atoms with Crippen LogP contribution in [-0.2, 0) is 10.0 Å². The first-order chi connectivity index (χ1) is 10.5. The summed E-state index contributed by atoms with van der Waals surface area (Å²) in [7, 11) is -3.36. The molecular formula is C15H21N3O3S. The standard InChI is InChI=1S/C15H21N3O3S/c1-13-10-16-18(12-13)14(2)11-17-22(19,20)9-8-21-15-6-4-3-5-7-15/h3-7,10,12,14,17H,8-9,11H2,1-2H3. The summed E-state index contributed by atoms with van der Waals surface area (Å²) in [5, 5.41) is 4.18. The third-order valence-corrected chi connectivity index (χ3v) is 4.46. The Bertz CT molecular complexity index is 683. The molecule has 1 heterocycles. The Morgan fingerprint density at radius 1 is 1.32 bits per heavy atom. The first-order valence-electron chi connectivity index (χ1n) is 7.12. The SMILES string of the molecule is Cc1cnn(C(C)CNS(=O)(=O)CCOc2ccccc2)c1. The number of ether oxygens (including phenoxy) is 1. The van der Waals surface area contributed by atoms with E-state index in [-0.39, 0.29) is 18.4 Å². The summed E-state index contributed by atoms with van der Waals surface area (Å²) >= 11 is 0. The molecule has 0 aliphatic rings. The maximum atomic E-state index is 11.9. The van der Waals surface area contributed by atoms with Gasteiger partial charge in [0, 0.05) is 12.7 Å². The van der Waals surface area contributed by atoms with Gasteiger partial charge in [-0.1, -0.05) is 18.2 Å². The van der Waals surface area contributed by atoms with Gasteiger partial charge in [-0.05, 0) is 31.5 Å². The van der Waals surface area contributed by atoms with Gasteiger partial charge in [0.05, 0.1) is 18.0 Å². The van der Waals surface area contributed by atoms with E-state index in [0.717, 1.165) is 5.56 Å². The number of sulfonamides is 1. The van der Waals surface area contributed by atoms with Gasteiger partial charge in [0.2, 0.25) is 10.0 Å². The Hall–Kier alpha value is -1.86. The predicted octanol–water partition coefficient (Wildman–Crippen LogP) is 1.75. The van der Waals surface area contributed by atoms with Gasteiger partial charge in [0.25, 0.3) is 0 Å². The molecule has 6 nitrogen and oxygen atoms in total. The van der Waals surface area contributed by atoms with Crippen molar-refractivity contribution in [2.75, 3.05) is 18.9 Å². The molecule has 0 fully saturated rings. The molecule has 2 aromatic rings. The van der Waals surface area contributed by atoms with E-state index in [2.05, 4.69) is 9.82 Å². The number of aromatic nitrogens is 2. The van der Waals surface area contributed by atoms with Gasteiger partial charge in [0.15, 0.2) is 0 Å². The molecule has 1 N–H and O–H groups in total. The molecule has 0 saturated carbocycles. The highest BCUT2D eigenvalue weighted by molar-refractivity contribution is 7.89. The summed E-state index contributed by atoms with van der Waals surface area (Å²) in [4.78, 5) is 0.